The van der Waals surface area contributed by atoms with Crippen LogP contribution in [0.25, 0.3) is 50.3 Å². The van der Waals surface area contributed by atoms with Crippen LogP contribution in [-0.4, -0.2) is 94.1 Å². The monoisotopic (exact) mass is 1270 g/mol. The van der Waals surface area contributed by atoms with Crippen LogP contribution in [0.5, 0.6) is 17.2 Å². The highest BCUT2D eigenvalue weighted by Gasteiger charge is 2.27. The lowest BCUT2D eigenvalue weighted by atomic mass is 10.0. The van der Waals surface area contributed by atoms with Crippen molar-refractivity contribution in [3.05, 3.63) is 190 Å². The summed E-state index contributed by atoms with van der Waals surface area (Å²) in [6.45, 7) is 12.3. The molecule has 13 heterocycles. The number of rotatable bonds is 16. The summed E-state index contributed by atoms with van der Waals surface area (Å²) < 4.78 is 75.7. The first-order chi connectivity index (χ1) is 46.0. The number of imidazole rings is 3. The van der Waals surface area contributed by atoms with Crippen molar-refractivity contribution in [1.29, 1.82) is 0 Å². The van der Waals surface area contributed by atoms with E-state index in [9.17, 15) is 13.2 Å². The molecule has 0 amide bonds. The summed E-state index contributed by atoms with van der Waals surface area (Å²) in [4.78, 5) is 32.7. The van der Waals surface area contributed by atoms with E-state index in [-0.39, 0.29) is 23.7 Å². The average molecular weight is 1270 g/mol. The Kier molecular flexibility index (Phi) is 16.3. The van der Waals surface area contributed by atoms with Gasteiger partial charge in [-0.3, -0.25) is 22.9 Å². The molecule has 21 nitrogen and oxygen atoms in total. The Balaban J connectivity index is 0.000000116. The van der Waals surface area contributed by atoms with Gasteiger partial charge in [0.15, 0.2) is 0 Å². The Morgan fingerprint density at radius 2 is 0.947 bits per heavy atom. The predicted octanol–water partition coefficient (Wildman–Crippen LogP) is 12.9. The Hall–Kier alpha value is -10.4. The number of pyridine rings is 1. The molecule has 3 N–H and O–H groups in total. The van der Waals surface area contributed by atoms with Gasteiger partial charge in [-0.05, 0) is 102 Å². The molecule has 1 aliphatic carbocycles. The number of fused-ring (bicyclic) bond motifs is 6. The molecule has 0 bridgehead atoms. The van der Waals surface area contributed by atoms with Crippen LogP contribution >= 0.6 is 0 Å². The molecule has 94 heavy (non-hydrogen) atoms. The molecular formula is C70H70F3N17O4. The highest BCUT2D eigenvalue weighted by molar-refractivity contribution is 5.80. The second kappa shape index (κ2) is 25.6. The van der Waals surface area contributed by atoms with Crippen LogP contribution < -0.4 is 30.2 Å². The van der Waals surface area contributed by atoms with E-state index in [0.717, 1.165) is 159 Å². The quantitative estimate of drug-likeness (QED) is 0.0821. The summed E-state index contributed by atoms with van der Waals surface area (Å²) in [5.41, 5.74) is 16.5. The molecule has 5 aliphatic rings. The number of anilines is 3. The molecule has 12 aromatic rings. The summed E-state index contributed by atoms with van der Waals surface area (Å²) in [5.74, 6) is 4.07. The van der Waals surface area contributed by atoms with Gasteiger partial charge in [0.25, 0.3) is 0 Å². The molecule has 24 heteroatoms. The number of hydrogen-bond donors (Lipinski definition) is 3. The largest absolute Gasteiger partial charge is 0.493 e. The van der Waals surface area contributed by atoms with Gasteiger partial charge in [-0.15, -0.1) is 0 Å². The van der Waals surface area contributed by atoms with Crippen LogP contribution in [0.3, 0.4) is 0 Å². The Morgan fingerprint density at radius 1 is 0.479 bits per heavy atom. The second-order valence-corrected chi connectivity index (χ2v) is 24.3. The standard InChI is InChI=1S/C24H25FN6O2.C24H22FN5O.C22H23FN6O/c1-15-13-30-23(29-15)18(16-10-28-31(14-16)22-4-2-3-8-33-22)11-26-24(30)27-12-19-17-7-9-32-21(17)6-5-20(19)25;1-14-13-30-23(29-14)18(16-4-6-21(26-10-16)15-2-3-15)11-27-24(30)28-12-19-17-8-9-31-22(17)7-5-20(19)25;1-3-7-28-13-15(9-26-28)17-10-24-22(29-12-14(2)27-21(17)29)25-11-18-16-6-8-30-20(16)5-4-19(18)23/h5-6,10-11,13-14,22H,2-4,7-9,12H2,1H3,(H,26,27);4-7,10-11,13,15H,2-3,8-9,12H2,1H3,(H,27,28);4-5,9-10,12-13H,3,6-8,11H2,1-2H3,(H,24,25). The number of hydrogen-bond acceptors (Lipinski definition) is 16. The SMILES string of the molecule is CCCn1cc(-c2cnc(NCc3c(F)ccc4c3CCO4)n3cc(C)nc23)cn1.Cc1cn2c(NCc3c(F)ccc4c3CCO4)ncc(-c3ccc(C4CC4)nc3)c2n1.Cc1cn2c(NCc3c(F)ccc4c3CCO4)ncc(-c3cnn(C4CCCCO4)c3)c2n1. The maximum absolute atomic E-state index is 14.6. The molecule has 4 aliphatic heterocycles. The Morgan fingerprint density at radius 3 is 1.38 bits per heavy atom. The van der Waals surface area contributed by atoms with Gasteiger partial charge >= 0.3 is 0 Å². The minimum absolute atomic E-state index is 0.0228. The minimum Gasteiger partial charge on any atom is -0.493 e. The molecule has 480 valence electrons. The zero-order chi connectivity index (χ0) is 64.0. The van der Waals surface area contributed by atoms with Gasteiger partial charge in [0.1, 0.15) is 57.9 Å². The average Bonchev–Trinajstić information content (AvgIpc) is 1.62. The summed E-state index contributed by atoms with van der Waals surface area (Å²) >= 11 is 0. The normalized spacial score (nSPS) is 15.4. The van der Waals surface area contributed by atoms with Gasteiger partial charge in [-0.2, -0.15) is 10.2 Å². The van der Waals surface area contributed by atoms with E-state index in [1.54, 1.807) is 30.6 Å². The lowest BCUT2D eigenvalue weighted by molar-refractivity contribution is -0.0394. The predicted molar refractivity (Wildman–Crippen MR) is 349 cm³/mol. The van der Waals surface area contributed by atoms with Gasteiger partial charge < -0.3 is 34.9 Å². The molecule has 1 saturated carbocycles. The lowest BCUT2D eigenvalue weighted by Crippen LogP contribution is -2.18. The van der Waals surface area contributed by atoms with Crippen LogP contribution in [0.1, 0.15) is 114 Å². The van der Waals surface area contributed by atoms with E-state index in [2.05, 4.69) is 70.1 Å². The van der Waals surface area contributed by atoms with Crippen molar-refractivity contribution in [3.63, 3.8) is 0 Å². The fraction of sp³-hybridized carbons (Fsp3) is 0.329. The molecule has 0 radical (unpaired) electrons. The minimum atomic E-state index is -0.237. The van der Waals surface area contributed by atoms with Gasteiger partial charge in [-0.1, -0.05) is 13.0 Å². The summed E-state index contributed by atoms with van der Waals surface area (Å²) in [7, 11) is 0. The Labute approximate surface area is 539 Å². The Bertz CT molecular complexity index is 4790. The highest BCUT2D eigenvalue weighted by atomic mass is 19.1. The molecule has 1 saturated heterocycles. The number of ether oxygens (including phenoxy) is 4. The molecule has 1 unspecified atom stereocenters. The van der Waals surface area contributed by atoms with Crippen molar-refractivity contribution in [2.45, 2.75) is 124 Å². The van der Waals surface area contributed by atoms with Crippen molar-refractivity contribution < 1.29 is 32.1 Å². The van der Waals surface area contributed by atoms with E-state index in [1.807, 2.05) is 99.1 Å². The number of benzene rings is 3. The molecule has 9 aromatic heterocycles. The fourth-order valence-corrected chi connectivity index (χ4v) is 12.9. The van der Waals surface area contributed by atoms with Crippen molar-refractivity contribution in [1.82, 2.24) is 67.7 Å². The van der Waals surface area contributed by atoms with Crippen molar-refractivity contribution in [2.75, 3.05) is 42.4 Å². The third kappa shape index (κ3) is 12.0. The van der Waals surface area contributed by atoms with Crippen molar-refractivity contribution >= 4 is 34.8 Å². The smallest absolute Gasteiger partial charge is 0.208 e. The number of halogens is 3. The first-order valence-corrected chi connectivity index (χ1v) is 32.2. The second-order valence-electron chi connectivity index (χ2n) is 24.3. The van der Waals surface area contributed by atoms with E-state index >= 15 is 0 Å². The van der Waals surface area contributed by atoms with Gasteiger partial charge in [-0.25, -0.2) is 47.8 Å². The van der Waals surface area contributed by atoms with Crippen LogP contribution in [0.15, 0.2) is 117 Å². The third-order valence-electron chi connectivity index (χ3n) is 17.8. The van der Waals surface area contributed by atoms with E-state index in [1.165, 1.54) is 31.0 Å². The molecule has 17 rings (SSSR count). The van der Waals surface area contributed by atoms with Crippen molar-refractivity contribution in [2.24, 2.45) is 0 Å². The summed E-state index contributed by atoms with van der Waals surface area (Å²) in [5, 5.41) is 18.8. The number of nitrogens with zero attached hydrogens (tertiary/aromatic N) is 14. The van der Waals surface area contributed by atoms with Crippen LogP contribution in [-0.2, 0) is 50.2 Å². The van der Waals surface area contributed by atoms with Crippen LogP contribution in [0.4, 0.5) is 31.0 Å². The molecular weight excluding hydrogens is 1200 g/mol. The molecule has 0 spiro atoms. The number of nitrogens with one attached hydrogen (secondary N) is 3. The zero-order valence-electron chi connectivity index (χ0n) is 52.7. The van der Waals surface area contributed by atoms with Gasteiger partial charge in [0.2, 0.25) is 17.8 Å². The van der Waals surface area contributed by atoms with Crippen molar-refractivity contribution in [3.8, 4) is 50.6 Å². The fourth-order valence-electron chi connectivity index (χ4n) is 12.9. The number of aryl methyl sites for hydroxylation is 4. The summed E-state index contributed by atoms with van der Waals surface area (Å²) in [6.07, 6.45) is 29.6. The molecule has 1 atom stereocenters. The topological polar surface area (TPSA) is 212 Å². The van der Waals surface area contributed by atoms with Gasteiger partial charge in [0.05, 0.1) is 49.3 Å². The van der Waals surface area contributed by atoms with E-state index in [4.69, 9.17) is 28.9 Å². The highest BCUT2D eigenvalue weighted by Crippen LogP contribution is 2.40. The van der Waals surface area contributed by atoms with Gasteiger partial charge in [0, 0.05) is 186 Å². The molecule has 3 aromatic carbocycles. The number of aromatic nitrogens is 14. The maximum atomic E-state index is 14.6. The first kappa shape index (κ1) is 59.9. The lowest BCUT2D eigenvalue weighted by Gasteiger charge is -2.22. The maximum Gasteiger partial charge on any atom is 0.208 e. The molecule has 2 fully saturated rings. The van der Waals surface area contributed by atoms with Crippen LogP contribution in [0.2, 0.25) is 0 Å². The van der Waals surface area contributed by atoms with E-state index in [0.29, 0.717) is 86.3 Å². The zero-order valence-corrected chi connectivity index (χ0v) is 52.7. The third-order valence-corrected chi connectivity index (χ3v) is 17.8. The van der Waals surface area contributed by atoms with E-state index < -0.39 is 0 Å². The summed E-state index contributed by atoms with van der Waals surface area (Å²) in [6, 6.07) is 13.7. The van der Waals surface area contributed by atoms with Crippen LogP contribution in [0, 0.1) is 38.2 Å². The first-order valence-electron chi connectivity index (χ1n) is 32.2.